The van der Waals surface area contributed by atoms with Crippen molar-refractivity contribution in [2.75, 3.05) is 0 Å². The first-order valence-corrected chi connectivity index (χ1v) is 6.76. The van der Waals surface area contributed by atoms with Crippen LogP contribution in [0.4, 0.5) is 0 Å². The monoisotopic (exact) mass is 303 g/mol. The highest BCUT2D eigenvalue weighted by Crippen LogP contribution is 2.28. The minimum atomic E-state index is -1.06. The van der Waals surface area contributed by atoms with Gasteiger partial charge >= 0.3 is 0 Å². The summed E-state index contributed by atoms with van der Waals surface area (Å²) in [5.41, 5.74) is 3.94. The molecular formula is C15H12BrO2-. The van der Waals surface area contributed by atoms with Crippen LogP contribution in [0.1, 0.15) is 11.1 Å². The first-order chi connectivity index (χ1) is 8.72. The Labute approximate surface area is 114 Å². The van der Waals surface area contributed by atoms with E-state index in [1.54, 1.807) is 0 Å². The van der Waals surface area contributed by atoms with E-state index in [1.807, 2.05) is 48.5 Å². The second-order valence-corrected chi connectivity index (χ2v) is 4.56. The summed E-state index contributed by atoms with van der Waals surface area (Å²) in [5, 5.41) is 11.5. The number of rotatable bonds is 4. The molecule has 2 rings (SSSR count). The number of hydrogen-bond acceptors (Lipinski definition) is 2. The van der Waals surface area contributed by atoms with Crippen LogP contribution in [-0.2, 0) is 16.5 Å². The first-order valence-electron chi connectivity index (χ1n) is 5.64. The number of carbonyl (C=O) groups excluding carboxylic acids is 1. The summed E-state index contributed by atoms with van der Waals surface area (Å²) >= 11 is 3.45. The van der Waals surface area contributed by atoms with Gasteiger partial charge in [-0.3, -0.25) is 0 Å². The maximum absolute atomic E-state index is 10.8. The Morgan fingerprint density at radius 2 is 1.44 bits per heavy atom. The van der Waals surface area contributed by atoms with E-state index in [0.29, 0.717) is 0 Å². The average molecular weight is 304 g/mol. The van der Waals surface area contributed by atoms with Crippen LogP contribution in [0.25, 0.3) is 11.1 Å². The van der Waals surface area contributed by atoms with E-state index < -0.39 is 5.97 Å². The van der Waals surface area contributed by atoms with E-state index in [2.05, 4.69) is 15.9 Å². The number of alkyl halides is 1. The number of carboxylic acids is 1. The van der Waals surface area contributed by atoms with Crippen molar-refractivity contribution in [3.05, 3.63) is 59.7 Å². The van der Waals surface area contributed by atoms with Gasteiger partial charge in [0.25, 0.3) is 0 Å². The van der Waals surface area contributed by atoms with Crippen LogP contribution in [0.3, 0.4) is 0 Å². The Bertz CT molecular complexity index is 564. The van der Waals surface area contributed by atoms with E-state index in [0.717, 1.165) is 27.6 Å². The van der Waals surface area contributed by atoms with Crippen molar-refractivity contribution < 1.29 is 9.90 Å². The minimum Gasteiger partial charge on any atom is -0.550 e. The van der Waals surface area contributed by atoms with Crippen molar-refractivity contribution in [3.63, 3.8) is 0 Å². The zero-order valence-corrected chi connectivity index (χ0v) is 11.3. The Kier molecular flexibility index (Phi) is 4.15. The van der Waals surface area contributed by atoms with Gasteiger partial charge in [0, 0.05) is 17.7 Å². The first kappa shape index (κ1) is 12.8. The van der Waals surface area contributed by atoms with Crippen LogP contribution in [0.2, 0.25) is 0 Å². The molecule has 2 aromatic rings. The van der Waals surface area contributed by atoms with E-state index in [9.17, 15) is 9.90 Å². The molecule has 0 unspecified atom stereocenters. The smallest absolute Gasteiger partial charge is 0.0458 e. The van der Waals surface area contributed by atoms with Gasteiger partial charge in [-0.1, -0.05) is 64.5 Å². The predicted molar refractivity (Wildman–Crippen MR) is 73.2 cm³/mol. The second kappa shape index (κ2) is 5.83. The van der Waals surface area contributed by atoms with Gasteiger partial charge in [-0.2, -0.15) is 0 Å². The van der Waals surface area contributed by atoms with Crippen LogP contribution in [0.5, 0.6) is 0 Å². The van der Waals surface area contributed by atoms with Gasteiger partial charge in [-0.15, -0.1) is 0 Å². The highest BCUT2D eigenvalue weighted by Gasteiger charge is 2.08. The fourth-order valence-corrected chi connectivity index (χ4v) is 2.48. The number of carbonyl (C=O) groups is 1. The van der Waals surface area contributed by atoms with Crippen molar-refractivity contribution in [1.29, 1.82) is 0 Å². The zero-order chi connectivity index (χ0) is 13.0. The summed E-state index contributed by atoms with van der Waals surface area (Å²) in [6, 6.07) is 15.5. The molecule has 0 saturated heterocycles. The van der Waals surface area contributed by atoms with Gasteiger partial charge in [0.1, 0.15) is 0 Å². The Hall–Kier alpha value is -1.61. The lowest BCUT2D eigenvalue weighted by Gasteiger charge is -2.13. The van der Waals surface area contributed by atoms with Gasteiger partial charge in [0.2, 0.25) is 0 Å². The fraction of sp³-hybridized carbons (Fsp3) is 0.133. The van der Waals surface area contributed by atoms with E-state index in [4.69, 9.17) is 0 Å². The minimum absolute atomic E-state index is 0.0627. The summed E-state index contributed by atoms with van der Waals surface area (Å²) in [6.07, 6.45) is -0.0627. The van der Waals surface area contributed by atoms with E-state index >= 15 is 0 Å². The Morgan fingerprint density at radius 3 is 2.00 bits per heavy atom. The Balaban J connectivity index is 2.53. The molecule has 0 aliphatic carbocycles. The molecule has 3 heteroatoms. The van der Waals surface area contributed by atoms with Gasteiger partial charge in [-0.05, 0) is 22.3 Å². The molecule has 0 spiro atoms. The maximum atomic E-state index is 10.8. The molecule has 0 heterocycles. The van der Waals surface area contributed by atoms with Crippen LogP contribution in [0, 0.1) is 0 Å². The number of halogens is 1. The molecule has 0 N–H and O–H groups in total. The van der Waals surface area contributed by atoms with Crippen molar-refractivity contribution in [3.8, 4) is 11.1 Å². The summed E-state index contributed by atoms with van der Waals surface area (Å²) in [7, 11) is 0. The molecule has 0 radical (unpaired) electrons. The molecule has 2 nitrogen and oxygen atoms in total. The molecule has 0 fully saturated rings. The van der Waals surface area contributed by atoms with E-state index in [-0.39, 0.29) is 6.42 Å². The number of benzene rings is 2. The van der Waals surface area contributed by atoms with Crippen molar-refractivity contribution >= 4 is 21.9 Å². The lowest BCUT2D eigenvalue weighted by Crippen LogP contribution is -2.24. The van der Waals surface area contributed by atoms with Gasteiger partial charge < -0.3 is 9.90 Å². The normalized spacial score (nSPS) is 10.3. The molecule has 0 bridgehead atoms. The quantitative estimate of drug-likeness (QED) is 0.814. The molecule has 2 aromatic carbocycles. The molecule has 0 aliphatic heterocycles. The predicted octanol–water partition coefficient (Wildman–Crippen LogP) is 2.54. The third-order valence-electron chi connectivity index (χ3n) is 2.80. The summed E-state index contributed by atoms with van der Waals surface area (Å²) in [4.78, 5) is 10.8. The van der Waals surface area contributed by atoms with Gasteiger partial charge in [-0.25, -0.2) is 0 Å². The number of carboxylic acid groups (broad SMARTS) is 1. The third kappa shape index (κ3) is 2.79. The average Bonchev–Trinajstić information content (AvgIpc) is 2.39. The van der Waals surface area contributed by atoms with Gasteiger partial charge in [0.15, 0.2) is 0 Å². The number of aliphatic carboxylic acids is 1. The van der Waals surface area contributed by atoms with Crippen LogP contribution in [-0.4, -0.2) is 5.97 Å². The molecule has 92 valence electrons. The van der Waals surface area contributed by atoms with E-state index in [1.165, 1.54) is 0 Å². The van der Waals surface area contributed by atoms with Crippen molar-refractivity contribution in [2.24, 2.45) is 0 Å². The summed E-state index contributed by atoms with van der Waals surface area (Å²) in [6.45, 7) is 0. The van der Waals surface area contributed by atoms with Crippen molar-refractivity contribution in [1.82, 2.24) is 0 Å². The molecular weight excluding hydrogens is 292 g/mol. The molecule has 18 heavy (non-hydrogen) atoms. The SMILES string of the molecule is O=C([O-])Cc1ccccc1-c1ccccc1CBr. The summed E-state index contributed by atoms with van der Waals surface area (Å²) < 4.78 is 0. The third-order valence-corrected chi connectivity index (χ3v) is 3.41. The molecule has 0 amide bonds. The molecule has 0 aliphatic rings. The van der Waals surface area contributed by atoms with Gasteiger partial charge in [0.05, 0.1) is 0 Å². The van der Waals surface area contributed by atoms with Crippen LogP contribution < -0.4 is 5.11 Å². The lowest BCUT2D eigenvalue weighted by atomic mass is 9.95. The fourth-order valence-electron chi connectivity index (χ4n) is 1.99. The van der Waals surface area contributed by atoms with Crippen LogP contribution >= 0.6 is 15.9 Å². The topological polar surface area (TPSA) is 40.1 Å². The maximum Gasteiger partial charge on any atom is 0.0458 e. The zero-order valence-electron chi connectivity index (χ0n) is 9.73. The van der Waals surface area contributed by atoms with Crippen molar-refractivity contribution in [2.45, 2.75) is 11.8 Å². The standard InChI is InChI=1S/C15H13BrO2/c16-10-12-6-2-4-8-14(12)13-7-3-1-5-11(13)9-15(17)18/h1-8H,9-10H2,(H,17,18)/p-1. The Morgan fingerprint density at radius 1 is 0.944 bits per heavy atom. The highest BCUT2D eigenvalue weighted by atomic mass is 79.9. The second-order valence-electron chi connectivity index (χ2n) is 4.00. The molecule has 0 aromatic heterocycles. The molecule has 0 atom stereocenters. The number of hydrogen-bond donors (Lipinski definition) is 0. The van der Waals surface area contributed by atoms with Crippen LogP contribution in [0.15, 0.2) is 48.5 Å². The largest absolute Gasteiger partial charge is 0.550 e. The lowest BCUT2D eigenvalue weighted by molar-refractivity contribution is -0.304. The molecule has 0 saturated carbocycles. The highest BCUT2D eigenvalue weighted by molar-refractivity contribution is 9.08. The summed E-state index contributed by atoms with van der Waals surface area (Å²) in [5.74, 6) is -1.06.